The number of hydrogen-bond acceptors (Lipinski definition) is 3. The first-order valence-electron chi connectivity index (χ1n) is 6.64. The number of nitrogens with zero attached hydrogens (tertiary/aromatic N) is 2. The summed E-state index contributed by atoms with van der Waals surface area (Å²) < 4.78 is 21.0. The highest BCUT2D eigenvalue weighted by molar-refractivity contribution is 5.42. The molecule has 0 aliphatic carbocycles. The van der Waals surface area contributed by atoms with Gasteiger partial charge in [-0.15, -0.1) is 0 Å². The zero-order valence-corrected chi connectivity index (χ0v) is 12.0. The van der Waals surface area contributed by atoms with Gasteiger partial charge in [0.05, 0.1) is 19.1 Å². The second kappa shape index (κ2) is 6.05. The molecule has 0 fully saturated rings. The quantitative estimate of drug-likeness (QED) is 0.914. The first-order valence-corrected chi connectivity index (χ1v) is 6.64. The number of aromatic nitrogens is 2. The van der Waals surface area contributed by atoms with Crippen LogP contribution in [0.2, 0.25) is 0 Å². The van der Waals surface area contributed by atoms with Crippen LogP contribution in [0.1, 0.15) is 25.5 Å². The van der Waals surface area contributed by atoms with E-state index in [0.717, 1.165) is 5.69 Å². The van der Waals surface area contributed by atoms with Crippen molar-refractivity contribution in [3.05, 3.63) is 42.2 Å². The summed E-state index contributed by atoms with van der Waals surface area (Å²) in [5.74, 6) is 0.770. The molecule has 0 aliphatic rings. The average molecular weight is 277 g/mol. The van der Waals surface area contributed by atoms with Crippen molar-refractivity contribution in [1.82, 2.24) is 9.55 Å². The first kappa shape index (κ1) is 14.5. The van der Waals surface area contributed by atoms with Gasteiger partial charge in [-0.1, -0.05) is 13.8 Å². The van der Waals surface area contributed by atoms with Crippen molar-refractivity contribution in [3.63, 3.8) is 0 Å². The normalized spacial score (nSPS) is 12.7. The Kier molecular flexibility index (Phi) is 4.39. The Labute approximate surface area is 118 Å². The maximum absolute atomic E-state index is 14.1. The number of hydrogen-bond donors (Lipinski definition) is 1. The zero-order chi connectivity index (χ0) is 14.7. The lowest BCUT2D eigenvalue weighted by molar-refractivity contribution is 0.413. The van der Waals surface area contributed by atoms with Gasteiger partial charge in [-0.05, 0) is 18.1 Å². The van der Waals surface area contributed by atoms with Crippen molar-refractivity contribution in [1.29, 1.82) is 0 Å². The van der Waals surface area contributed by atoms with Gasteiger partial charge in [0.1, 0.15) is 11.6 Å². The predicted octanol–water partition coefficient (Wildman–Crippen LogP) is 2.72. The molecule has 0 aliphatic heterocycles. The molecule has 5 heteroatoms. The molecule has 0 radical (unpaired) electrons. The van der Waals surface area contributed by atoms with E-state index in [1.807, 2.05) is 0 Å². The molecule has 0 bridgehead atoms. The van der Waals surface area contributed by atoms with E-state index < -0.39 is 0 Å². The molecule has 2 N–H and O–H groups in total. The SMILES string of the molecule is COc1ccc(F)c(-n2cncc2C(CN)C(C)C)c1. The summed E-state index contributed by atoms with van der Waals surface area (Å²) in [5.41, 5.74) is 7.18. The molecular weight excluding hydrogens is 257 g/mol. The van der Waals surface area contributed by atoms with Crippen molar-refractivity contribution in [3.8, 4) is 11.4 Å². The lowest BCUT2D eigenvalue weighted by Crippen LogP contribution is -2.20. The largest absolute Gasteiger partial charge is 0.497 e. The molecule has 0 saturated heterocycles. The fourth-order valence-electron chi connectivity index (χ4n) is 2.32. The fraction of sp³-hybridized carbons (Fsp3) is 0.400. The first-order chi connectivity index (χ1) is 9.58. The number of imidazole rings is 1. The highest BCUT2D eigenvalue weighted by Gasteiger charge is 2.20. The maximum atomic E-state index is 14.1. The van der Waals surface area contributed by atoms with Crippen molar-refractivity contribution >= 4 is 0 Å². The third kappa shape index (κ3) is 2.67. The average Bonchev–Trinajstić information content (AvgIpc) is 2.89. The summed E-state index contributed by atoms with van der Waals surface area (Å²) in [7, 11) is 1.56. The Bertz CT molecular complexity index is 580. The van der Waals surface area contributed by atoms with Gasteiger partial charge in [-0.3, -0.25) is 4.57 Å². The number of halogens is 1. The van der Waals surface area contributed by atoms with Crippen LogP contribution in [-0.2, 0) is 0 Å². The molecule has 1 atom stereocenters. The highest BCUT2D eigenvalue weighted by Crippen LogP contribution is 2.28. The minimum Gasteiger partial charge on any atom is -0.497 e. The summed E-state index contributed by atoms with van der Waals surface area (Å²) >= 11 is 0. The Morgan fingerprint density at radius 2 is 2.15 bits per heavy atom. The van der Waals surface area contributed by atoms with Crippen LogP contribution in [0.15, 0.2) is 30.7 Å². The Hall–Kier alpha value is -1.88. The molecule has 108 valence electrons. The molecule has 0 spiro atoms. The minimum atomic E-state index is -0.315. The van der Waals surface area contributed by atoms with Crippen LogP contribution in [0, 0.1) is 11.7 Å². The summed E-state index contributed by atoms with van der Waals surface area (Å²) in [6.07, 6.45) is 3.36. The van der Waals surface area contributed by atoms with Crippen LogP contribution < -0.4 is 10.5 Å². The second-order valence-electron chi connectivity index (χ2n) is 5.09. The van der Waals surface area contributed by atoms with Crippen molar-refractivity contribution < 1.29 is 9.13 Å². The van der Waals surface area contributed by atoms with Crippen molar-refractivity contribution in [2.75, 3.05) is 13.7 Å². The zero-order valence-electron chi connectivity index (χ0n) is 12.0. The van der Waals surface area contributed by atoms with E-state index >= 15 is 0 Å². The summed E-state index contributed by atoms with van der Waals surface area (Å²) in [5, 5.41) is 0. The molecule has 2 aromatic rings. The van der Waals surface area contributed by atoms with Crippen molar-refractivity contribution in [2.24, 2.45) is 11.7 Å². The van der Waals surface area contributed by atoms with Gasteiger partial charge in [-0.2, -0.15) is 0 Å². The summed E-state index contributed by atoms with van der Waals surface area (Å²) in [4.78, 5) is 4.15. The maximum Gasteiger partial charge on any atom is 0.147 e. The van der Waals surface area contributed by atoms with E-state index in [0.29, 0.717) is 23.9 Å². The van der Waals surface area contributed by atoms with Crippen molar-refractivity contribution in [2.45, 2.75) is 19.8 Å². The third-order valence-electron chi connectivity index (χ3n) is 3.52. The van der Waals surface area contributed by atoms with Gasteiger partial charge in [0.2, 0.25) is 0 Å². The number of ether oxygens (including phenoxy) is 1. The Morgan fingerprint density at radius 3 is 2.75 bits per heavy atom. The van der Waals surface area contributed by atoms with Gasteiger partial charge in [0, 0.05) is 30.4 Å². The van der Waals surface area contributed by atoms with E-state index in [9.17, 15) is 4.39 Å². The molecule has 1 aromatic carbocycles. The van der Waals surface area contributed by atoms with Gasteiger partial charge in [0.25, 0.3) is 0 Å². The molecule has 20 heavy (non-hydrogen) atoms. The number of nitrogens with two attached hydrogens (primary N) is 1. The summed E-state index contributed by atoms with van der Waals surface area (Å²) in [6.45, 7) is 4.68. The van der Waals surface area contributed by atoms with Crippen LogP contribution in [0.4, 0.5) is 4.39 Å². The fourth-order valence-corrected chi connectivity index (χ4v) is 2.32. The highest BCUT2D eigenvalue weighted by atomic mass is 19.1. The summed E-state index contributed by atoms with van der Waals surface area (Å²) in [6, 6.07) is 4.65. The lowest BCUT2D eigenvalue weighted by atomic mass is 9.93. The number of rotatable bonds is 5. The standard InChI is InChI=1S/C15H20FN3O/c1-10(2)12(7-17)15-8-18-9-19(15)14-6-11(20-3)4-5-13(14)16/h4-6,8-10,12H,7,17H2,1-3H3. The van der Waals surface area contributed by atoms with Crippen LogP contribution in [0.25, 0.3) is 5.69 Å². The lowest BCUT2D eigenvalue weighted by Gasteiger charge is -2.21. The number of benzene rings is 1. The monoisotopic (exact) mass is 277 g/mol. The van der Waals surface area contributed by atoms with E-state index in [1.165, 1.54) is 6.07 Å². The third-order valence-corrected chi connectivity index (χ3v) is 3.52. The van der Waals surface area contributed by atoms with Crippen LogP contribution >= 0.6 is 0 Å². The molecule has 0 amide bonds. The van der Waals surface area contributed by atoms with Gasteiger partial charge >= 0.3 is 0 Å². The minimum absolute atomic E-state index is 0.128. The molecule has 4 nitrogen and oxygen atoms in total. The van der Waals surface area contributed by atoms with E-state index in [4.69, 9.17) is 10.5 Å². The smallest absolute Gasteiger partial charge is 0.147 e. The van der Waals surface area contributed by atoms with Crippen LogP contribution in [0.5, 0.6) is 5.75 Å². The molecule has 0 saturated carbocycles. The Morgan fingerprint density at radius 1 is 1.40 bits per heavy atom. The van der Waals surface area contributed by atoms with E-state index in [-0.39, 0.29) is 11.7 Å². The second-order valence-corrected chi connectivity index (χ2v) is 5.09. The predicted molar refractivity (Wildman–Crippen MR) is 76.7 cm³/mol. The Balaban J connectivity index is 2.51. The van der Waals surface area contributed by atoms with Crippen LogP contribution in [0.3, 0.4) is 0 Å². The molecule has 1 heterocycles. The van der Waals surface area contributed by atoms with Gasteiger partial charge < -0.3 is 10.5 Å². The number of methoxy groups -OCH3 is 1. The molecule has 2 rings (SSSR count). The molecule has 1 unspecified atom stereocenters. The van der Waals surface area contributed by atoms with Gasteiger partial charge in [-0.25, -0.2) is 9.37 Å². The van der Waals surface area contributed by atoms with Crippen LogP contribution in [-0.4, -0.2) is 23.2 Å². The topological polar surface area (TPSA) is 53.1 Å². The van der Waals surface area contributed by atoms with Gasteiger partial charge in [0.15, 0.2) is 0 Å². The molecule has 1 aromatic heterocycles. The molecular formula is C15H20FN3O. The van der Waals surface area contributed by atoms with E-state index in [2.05, 4.69) is 18.8 Å². The van der Waals surface area contributed by atoms with E-state index in [1.54, 1.807) is 36.3 Å².